The number of amides is 1. The average molecular weight is 445 g/mol. The molecule has 0 aliphatic carbocycles. The first-order valence-electron chi connectivity index (χ1n) is 9.90. The topological polar surface area (TPSA) is 102 Å². The predicted octanol–water partition coefficient (Wildman–Crippen LogP) is 3.27. The highest BCUT2D eigenvalue weighted by Gasteiger charge is 2.22. The van der Waals surface area contributed by atoms with Gasteiger partial charge in [0.1, 0.15) is 0 Å². The van der Waals surface area contributed by atoms with Crippen LogP contribution in [-0.4, -0.2) is 32.9 Å². The lowest BCUT2D eigenvalue weighted by Gasteiger charge is -2.20. The molecule has 0 saturated heterocycles. The molecule has 0 radical (unpaired) electrons. The van der Waals surface area contributed by atoms with Crippen LogP contribution in [0.2, 0.25) is 0 Å². The molecular weight excluding hydrogens is 416 g/mol. The van der Waals surface area contributed by atoms with Crippen LogP contribution in [0, 0.1) is 6.92 Å². The van der Waals surface area contributed by atoms with Gasteiger partial charge in [0, 0.05) is 12.1 Å². The van der Waals surface area contributed by atoms with E-state index in [-0.39, 0.29) is 29.5 Å². The van der Waals surface area contributed by atoms with Crippen LogP contribution in [0.5, 0.6) is 0 Å². The lowest BCUT2D eigenvalue weighted by Crippen LogP contribution is -2.31. The Morgan fingerprint density at radius 3 is 2.42 bits per heavy atom. The zero-order valence-corrected chi connectivity index (χ0v) is 18.7. The first-order chi connectivity index (χ1) is 14.6. The van der Waals surface area contributed by atoms with E-state index in [1.165, 1.54) is 30.3 Å². The Labute approximate surface area is 183 Å². The Hall–Kier alpha value is -2.97. The zero-order valence-electron chi connectivity index (χ0n) is 17.9. The van der Waals surface area contributed by atoms with Crippen LogP contribution in [-0.2, 0) is 19.6 Å². The fourth-order valence-electron chi connectivity index (χ4n) is 2.83. The van der Waals surface area contributed by atoms with E-state index < -0.39 is 27.9 Å². The third-order valence-electron chi connectivity index (χ3n) is 4.35. The minimum atomic E-state index is -3.77. The number of aryl methyl sites for hydroxylation is 1. The lowest BCUT2D eigenvalue weighted by molar-refractivity contribution is -0.147. The van der Waals surface area contributed by atoms with Gasteiger partial charge in [0.05, 0.1) is 23.5 Å². The molecule has 0 aliphatic rings. The molecule has 0 fully saturated rings. The minimum Gasteiger partial charge on any atom is -0.463 e. The normalized spacial score (nSPS) is 12.3. The van der Waals surface area contributed by atoms with Gasteiger partial charge in [0.25, 0.3) is 5.91 Å². The number of hydrogen-bond donors (Lipinski definition) is 2. The van der Waals surface area contributed by atoms with Crippen LogP contribution < -0.4 is 10.0 Å². The maximum Gasteiger partial charge on any atom is 0.308 e. The third-order valence-corrected chi connectivity index (χ3v) is 5.77. The number of sulfonamides is 1. The summed E-state index contributed by atoms with van der Waals surface area (Å²) in [6, 6.07) is 12.5. The molecular formula is C23H28N2O5S. The van der Waals surface area contributed by atoms with E-state index >= 15 is 0 Å². The van der Waals surface area contributed by atoms with Gasteiger partial charge < -0.3 is 10.1 Å². The van der Waals surface area contributed by atoms with Crippen molar-refractivity contribution in [3.63, 3.8) is 0 Å². The van der Waals surface area contributed by atoms with Gasteiger partial charge in [-0.05, 0) is 44.5 Å². The van der Waals surface area contributed by atoms with E-state index in [1.54, 1.807) is 13.8 Å². The van der Waals surface area contributed by atoms with Crippen LogP contribution in [0.3, 0.4) is 0 Å². The molecule has 31 heavy (non-hydrogen) atoms. The van der Waals surface area contributed by atoms with Crippen molar-refractivity contribution < 1.29 is 22.7 Å². The molecule has 8 heteroatoms. The zero-order chi connectivity index (χ0) is 23.0. The largest absolute Gasteiger partial charge is 0.463 e. The SMILES string of the molecule is C=CCNS(=O)(=O)c1cccc(C(=O)NC(CC(=O)OC(C)C)c2ccc(C)cc2)c1. The van der Waals surface area contributed by atoms with Gasteiger partial charge in [0.2, 0.25) is 10.0 Å². The molecule has 0 spiro atoms. The molecule has 2 N–H and O–H groups in total. The van der Waals surface area contributed by atoms with Crippen LogP contribution in [0.1, 0.15) is 47.8 Å². The van der Waals surface area contributed by atoms with E-state index in [1.807, 2.05) is 31.2 Å². The van der Waals surface area contributed by atoms with Gasteiger partial charge in [-0.25, -0.2) is 13.1 Å². The van der Waals surface area contributed by atoms with Gasteiger partial charge in [-0.3, -0.25) is 9.59 Å². The number of benzene rings is 2. The quantitative estimate of drug-likeness (QED) is 0.433. The Balaban J connectivity index is 2.26. The summed E-state index contributed by atoms with van der Waals surface area (Å²) in [5, 5.41) is 2.82. The van der Waals surface area contributed by atoms with Crippen molar-refractivity contribution in [2.24, 2.45) is 0 Å². The molecule has 7 nitrogen and oxygen atoms in total. The molecule has 1 amide bonds. The Kier molecular flexibility index (Phi) is 8.53. The van der Waals surface area contributed by atoms with Gasteiger partial charge in [-0.2, -0.15) is 0 Å². The second kappa shape index (κ2) is 10.9. The van der Waals surface area contributed by atoms with E-state index in [4.69, 9.17) is 4.74 Å². The first kappa shape index (κ1) is 24.3. The molecule has 1 atom stereocenters. The van der Waals surface area contributed by atoms with E-state index in [0.29, 0.717) is 0 Å². The number of carbonyl (C=O) groups is 2. The Morgan fingerprint density at radius 1 is 1.13 bits per heavy atom. The Bertz CT molecular complexity index is 1030. The summed E-state index contributed by atoms with van der Waals surface area (Å²) < 4.78 is 32.3. The van der Waals surface area contributed by atoms with Crippen LogP contribution >= 0.6 is 0 Å². The molecule has 0 aromatic heterocycles. The molecule has 2 aromatic rings. The number of esters is 1. The van der Waals surface area contributed by atoms with Crippen molar-refractivity contribution >= 4 is 21.9 Å². The highest BCUT2D eigenvalue weighted by molar-refractivity contribution is 7.89. The van der Waals surface area contributed by atoms with Crippen molar-refractivity contribution in [1.29, 1.82) is 0 Å². The summed E-state index contributed by atoms with van der Waals surface area (Å²) >= 11 is 0. The average Bonchev–Trinajstić information content (AvgIpc) is 2.72. The molecule has 2 aromatic carbocycles. The molecule has 2 rings (SSSR count). The van der Waals surface area contributed by atoms with Gasteiger partial charge in [0.15, 0.2) is 0 Å². The van der Waals surface area contributed by atoms with E-state index in [2.05, 4.69) is 16.6 Å². The molecule has 0 saturated carbocycles. The summed E-state index contributed by atoms with van der Waals surface area (Å²) in [6.07, 6.45) is 1.11. The summed E-state index contributed by atoms with van der Waals surface area (Å²) in [5.41, 5.74) is 1.95. The Morgan fingerprint density at radius 2 is 1.81 bits per heavy atom. The third kappa shape index (κ3) is 7.34. The second-order valence-electron chi connectivity index (χ2n) is 7.35. The smallest absolute Gasteiger partial charge is 0.308 e. The van der Waals surface area contributed by atoms with E-state index in [9.17, 15) is 18.0 Å². The van der Waals surface area contributed by atoms with Crippen LogP contribution in [0.15, 0.2) is 66.1 Å². The van der Waals surface area contributed by atoms with Crippen molar-refractivity contribution in [3.05, 3.63) is 77.9 Å². The standard InChI is InChI=1S/C23H28N2O5S/c1-5-13-24-31(28,29)20-8-6-7-19(14-20)23(27)25-21(15-22(26)30-16(2)3)18-11-9-17(4)10-12-18/h5-12,14,16,21,24H,1,13,15H2,2-4H3,(H,25,27). The monoisotopic (exact) mass is 444 g/mol. The number of rotatable bonds is 10. The molecule has 1 unspecified atom stereocenters. The van der Waals surface area contributed by atoms with Crippen molar-refractivity contribution in [2.75, 3.05) is 6.54 Å². The maximum atomic E-state index is 12.9. The van der Waals surface area contributed by atoms with Crippen LogP contribution in [0.25, 0.3) is 0 Å². The van der Waals surface area contributed by atoms with E-state index in [0.717, 1.165) is 11.1 Å². The summed E-state index contributed by atoms with van der Waals surface area (Å²) in [5.74, 6) is -0.936. The number of carbonyl (C=O) groups excluding carboxylic acids is 2. The molecule has 0 heterocycles. The molecule has 0 aliphatic heterocycles. The lowest BCUT2D eigenvalue weighted by atomic mass is 10.0. The van der Waals surface area contributed by atoms with Crippen molar-refractivity contribution in [1.82, 2.24) is 10.0 Å². The fourth-order valence-corrected chi connectivity index (χ4v) is 3.87. The first-order valence-corrected chi connectivity index (χ1v) is 11.4. The summed E-state index contributed by atoms with van der Waals surface area (Å²) in [6.45, 7) is 9.01. The van der Waals surface area contributed by atoms with Crippen molar-refractivity contribution in [2.45, 2.75) is 44.2 Å². The predicted molar refractivity (Wildman–Crippen MR) is 119 cm³/mol. The number of ether oxygens (including phenoxy) is 1. The van der Waals surface area contributed by atoms with Gasteiger partial charge in [-0.15, -0.1) is 6.58 Å². The minimum absolute atomic E-state index is 0.0342. The molecule has 0 bridgehead atoms. The summed E-state index contributed by atoms with van der Waals surface area (Å²) in [7, 11) is -3.77. The fraction of sp³-hybridized carbons (Fsp3) is 0.304. The van der Waals surface area contributed by atoms with Crippen LogP contribution in [0.4, 0.5) is 0 Å². The van der Waals surface area contributed by atoms with Gasteiger partial charge >= 0.3 is 5.97 Å². The summed E-state index contributed by atoms with van der Waals surface area (Å²) in [4.78, 5) is 25.1. The second-order valence-corrected chi connectivity index (χ2v) is 9.11. The van der Waals surface area contributed by atoms with Gasteiger partial charge in [-0.1, -0.05) is 42.0 Å². The molecule has 166 valence electrons. The highest BCUT2D eigenvalue weighted by atomic mass is 32.2. The number of nitrogens with one attached hydrogen (secondary N) is 2. The number of hydrogen-bond acceptors (Lipinski definition) is 5. The highest BCUT2D eigenvalue weighted by Crippen LogP contribution is 2.20. The van der Waals surface area contributed by atoms with Crippen molar-refractivity contribution in [3.8, 4) is 0 Å². The maximum absolute atomic E-state index is 12.9.